The lowest BCUT2D eigenvalue weighted by Crippen LogP contribution is -2.02. The highest BCUT2D eigenvalue weighted by atomic mass is 16.1. The highest BCUT2D eigenvalue weighted by Crippen LogP contribution is 2.35. The third-order valence-electron chi connectivity index (χ3n) is 4.71. The number of rotatable bonds is 7. The summed E-state index contributed by atoms with van der Waals surface area (Å²) in [5.41, 5.74) is 5.86. The SMILES string of the molecule is CCCCc1ccc(-c2ccccc2-c2ccccc2)c(C=O)c1C=O. The molecule has 0 unspecified atom stereocenters. The molecule has 0 aromatic heterocycles. The molecule has 0 saturated carbocycles. The van der Waals surface area contributed by atoms with Gasteiger partial charge in [-0.2, -0.15) is 0 Å². The second-order valence-electron chi connectivity index (χ2n) is 6.35. The summed E-state index contributed by atoms with van der Waals surface area (Å²) < 4.78 is 0. The van der Waals surface area contributed by atoms with Gasteiger partial charge in [0.05, 0.1) is 0 Å². The van der Waals surface area contributed by atoms with Gasteiger partial charge in [0.2, 0.25) is 0 Å². The fourth-order valence-corrected chi connectivity index (χ4v) is 3.36. The Kier molecular flexibility index (Phi) is 5.75. The minimum atomic E-state index is 0.483. The van der Waals surface area contributed by atoms with Crippen molar-refractivity contribution in [2.45, 2.75) is 26.2 Å². The maximum atomic E-state index is 11.9. The number of benzene rings is 3. The maximum absolute atomic E-state index is 11.9. The van der Waals surface area contributed by atoms with Crippen LogP contribution in [-0.4, -0.2) is 12.6 Å². The molecule has 0 amide bonds. The van der Waals surface area contributed by atoms with Crippen LogP contribution in [0.25, 0.3) is 22.3 Å². The zero-order valence-electron chi connectivity index (χ0n) is 14.9. The fourth-order valence-electron chi connectivity index (χ4n) is 3.36. The first-order chi connectivity index (χ1) is 12.8. The molecule has 2 heteroatoms. The summed E-state index contributed by atoms with van der Waals surface area (Å²) in [6.07, 6.45) is 4.50. The second-order valence-corrected chi connectivity index (χ2v) is 6.35. The van der Waals surface area contributed by atoms with Crippen LogP contribution in [0.4, 0.5) is 0 Å². The summed E-state index contributed by atoms with van der Waals surface area (Å²) in [4.78, 5) is 23.6. The van der Waals surface area contributed by atoms with Gasteiger partial charge in [0, 0.05) is 11.1 Å². The predicted molar refractivity (Wildman–Crippen MR) is 107 cm³/mol. The van der Waals surface area contributed by atoms with Gasteiger partial charge < -0.3 is 0 Å². The van der Waals surface area contributed by atoms with Gasteiger partial charge in [-0.15, -0.1) is 0 Å². The third-order valence-corrected chi connectivity index (χ3v) is 4.71. The average Bonchev–Trinajstić information content (AvgIpc) is 2.72. The van der Waals surface area contributed by atoms with Crippen LogP contribution in [0, 0.1) is 0 Å². The van der Waals surface area contributed by atoms with Crippen LogP contribution in [0.5, 0.6) is 0 Å². The minimum Gasteiger partial charge on any atom is -0.298 e. The zero-order valence-corrected chi connectivity index (χ0v) is 14.9. The summed E-state index contributed by atoms with van der Waals surface area (Å²) >= 11 is 0. The van der Waals surface area contributed by atoms with Crippen molar-refractivity contribution in [1.29, 1.82) is 0 Å². The number of aldehydes is 2. The van der Waals surface area contributed by atoms with Gasteiger partial charge in [0.1, 0.15) is 0 Å². The average molecular weight is 342 g/mol. The van der Waals surface area contributed by atoms with Gasteiger partial charge in [-0.1, -0.05) is 80.1 Å². The van der Waals surface area contributed by atoms with Gasteiger partial charge in [-0.05, 0) is 40.7 Å². The first kappa shape index (κ1) is 17.8. The Morgan fingerprint density at radius 3 is 2.00 bits per heavy atom. The number of hydrogen-bond donors (Lipinski definition) is 0. The van der Waals surface area contributed by atoms with E-state index in [1.807, 2.05) is 54.6 Å². The zero-order chi connectivity index (χ0) is 18.4. The first-order valence-electron chi connectivity index (χ1n) is 9.01. The van der Waals surface area contributed by atoms with Gasteiger partial charge in [0.25, 0.3) is 0 Å². The molecule has 3 aromatic rings. The molecule has 0 radical (unpaired) electrons. The van der Waals surface area contributed by atoms with E-state index < -0.39 is 0 Å². The van der Waals surface area contributed by atoms with Crippen molar-refractivity contribution in [3.05, 3.63) is 83.4 Å². The Morgan fingerprint density at radius 1 is 0.692 bits per heavy atom. The molecule has 26 heavy (non-hydrogen) atoms. The van der Waals surface area contributed by atoms with E-state index in [1.54, 1.807) is 0 Å². The van der Waals surface area contributed by atoms with Crippen molar-refractivity contribution < 1.29 is 9.59 Å². The van der Waals surface area contributed by atoms with Crippen LogP contribution in [0.2, 0.25) is 0 Å². The van der Waals surface area contributed by atoms with E-state index in [4.69, 9.17) is 0 Å². The van der Waals surface area contributed by atoms with E-state index in [-0.39, 0.29) is 0 Å². The molecule has 0 saturated heterocycles. The van der Waals surface area contributed by atoms with Gasteiger partial charge in [0.15, 0.2) is 12.6 Å². The molecule has 0 aliphatic carbocycles. The molecule has 0 heterocycles. The van der Waals surface area contributed by atoms with Gasteiger partial charge in [-0.25, -0.2) is 0 Å². The Balaban J connectivity index is 2.19. The topological polar surface area (TPSA) is 34.1 Å². The number of hydrogen-bond acceptors (Lipinski definition) is 2. The monoisotopic (exact) mass is 342 g/mol. The summed E-state index contributed by atoms with van der Waals surface area (Å²) in [7, 11) is 0. The standard InChI is InChI=1S/C24H22O2/c1-2-3-9-19-14-15-22(24(17-26)23(19)16-25)21-13-8-7-12-20(21)18-10-5-4-6-11-18/h4-8,10-17H,2-3,9H2,1H3. The molecule has 0 aliphatic rings. The summed E-state index contributed by atoms with van der Waals surface area (Å²) in [6.45, 7) is 2.12. The minimum absolute atomic E-state index is 0.483. The molecule has 0 fully saturated rings. The molecule has 0 spiro atoms. The van der Waals surface area contributed by atoms with Gasteiger partial charge >= 0.3 is 0 Å². The van der Waals surface area contributed by atoms with E-state index in [9.17, 15) is 9.59 Å². The van der Waals surface area contributed by atoms with E-state index >= 15 is 0 Å². The van der Waals surface area contributed by atoms with Crippen molar-refractivity contribution in [2.75, 3.05) is 0 Å². The number of unbranched alkanes of at least 4 members (excludes halogenated alkanes) is 1. The lowest BCUT2D eigenvalue weighted by Gasteiger charge is -2.15. The maximum Gasteiger partial charge on any atom is 0.151 e. The van der Waals surface area contributed by atoms with E-state index in [0.717, 1.165) is 59.7 Å². The van der Waals surface area contributed by atoms with Crippen molar-refractivity contribution in [3.8, 4) is 22.3 Å². The fraction of sp³-hybridized carbons (Fsp3) is 0.167. The quantitative estimate of drug-likeness (QED) is 0.494. The lowest BCUT2D eigenvalue weighted by molar-refractivity contribution is 0.109. The molecule has 130 valence electrons. The molecule has 0 aliphatic heterocycles. The summed E-state index contributed by atoms with van der Waals surface area (Å²) in [6, 6.07) is 22.0. The normalized spacial score (nSPS) is 10.5. The van der Waals surface area contributed by atoms with Crippen LogP contribution in [0.1, 0.15) is 46.0 Å². The first-order valence-corrected chi connectivity index (χ1v) is 9.01. The van der Waals surface area contributed by atoms with Crippen LogP contribution >= 0.6 is 0 Å². The smallest absolute Gasteiger partial charge is 0.151 e. The molecule has 3 rings (SSSR count). The number of aryl methyl sites for hydroxylation is 1. The van der Waals surface area contributed by atoms with Crippen molar-refractivity contribution in [3.63, 3.8) is 0 Å². The van der Waals surface area contributed by atoms with Crippen LogP contribution < -0.4 is 0 Å². The largest absolute Gasteiger partial charge is 0.298 e. The molecule has 0 atom stereocenters. The molecular weight excluding hydrogens is 320 g/mol. The number of carbonyl (C=O) groups excluding carboxylic acids is 2. The van der Waals surface area contributed by atoms with Crippen LogP contribution in [0.15, 0.2) is 66.7 Å². The Bertz CT molecular complexity index is 911. The van der Waals surface area contributed by atoms with Crippen molar-refractivity contribution >= 4 is 12.6 Å². The molecular formula is C24H22O2. The highest BCUT2D eigenvalue weighted by Gasteiger charge is 2.16. The van der Waals surface area contributed by atoms with Crippen LogP contribution in [-0.2, 0) is 6.42 Å². The second kappa shape index (κ2) is 8.39. The van der Waals surface area contributed by atoms with E-state index in [2.05, 4.69) is 19.1 Å². The molecule has 3 aromatic carbocycles. The summed E-state index contributed by atoms with van der Waals surface area (Å²) in [5.74, 6) is 0. The Hall–Kier alpha value is -3.00. The molecule has 0 N–H and O–H groups in total. The Labute approximate surface area is 154 Å². The van der Waals surface area contributed by atoms with Crippen molar-refractivity contribution in [1.82, 2.24) is 0 Å². The van der Waals surface area contributed by atoms with Gasteiger partial charge in [-0.3, -0.25) is 9.59 Å². The van der Waals surface area contributed by atoms with Crippen molar-refractivity contribution in [2.24, 2.45) is 0 Å². The third kappa shape index (κ3) is 3.50. The number of carbonyl (C=O) groups is 2. The Morgan fingerprint density at radius 2 is 1.35 bits per heavy atom. The lowest BCUT2D eigenvalue weighted by atomic mass is 9.88. The summed E-state index contributed by atoms with van der Waals surface area (Å²) in [5, 5.41) is 0. The predicted octanol–water partition coefficient (Wildman–Crippen LogP) is 5.99. The van der Waals surface area contributed by atoms with E-state index in [0.29, 0.717) is 11.1 Å². The highest BCUT2D eigenvalue weighted by molar-refractivity contribution is 6.00. The van der Waals surface area contributed by atoms with E-state index in [1.165, 1.54) is 0 Å². The molecule has 0 bridgehead atoms. The van der Waals surface area contributed by atoms with Crippen LogP contribution in [0.3, 0.4) is 0 Å². The molecule has 2 nitrogen and oxygen atoms in total.